The number of carbonyl (C=O) groups excluding carboxylic acids is 2. The van der Waals surface area contributed by atoms with Gasteiger partial charge in [0.1, 0.15) is 16.4 Å². The van der Waals surface area contributed by atoms with Crippen molar-refractivity contribution in [2.45, 2.75) is 4.90 Å². The number of sulfonamides is 1. The molecule has 0 saturated carbocycles. The second kappa shape index (κ2) is 8.63. The van der Waals surface area contributed by atoms with E-state index in [9.17, 15) is 22.4 Å². The summed E-state index contributed by atoms with van der Waals surface area (Å²) in [7, 11) is 2.45. The highest BCUT2D eigenvalue weighted by Gasteiger charge is 2.23. The van der Waals surface area contributed by atoms with Crippen LogP contribution in [0.4, 0.5) is 15.8 Å². The average Bonchev–Trinajstić information content (AvgIpc) is 2.60. The van der Waals surface area contributed by atoms with Crippen LogP contribution < -0.4 is 14.9 Å². The molecule has 0 aliphatic rings. The Labute approximate surface area is 150 Å². The third kappa shape index (κ3) is 4.92. The van der Waals surface area contributed by atoms with Crippen LogP contribution in [-0.2, 0) is 29.1 Å². The Bertz CT molecular complexity index is 836. The largest absolute Gasteiger partial charge is 0.466 e. The monoisotopic (exact) mass is 389 g/mol. The van der Waals surface area contributed by atoms with Gasteiger partial charge in [-0.2, -0.15) is 0 Å². The van der Waals surface area contributed by atoms with Gasteiger partial charge in [0.15, 0.2) is 0 Å². The number of ether oxygens (including phenoxy) is 2. The number of hydrogen-bond acceptors (Lipinski definition) is 8. The van der Waals surface area contributed by atoms with E-state index in [0.29, 0.717) is 0 Å². The number of nitrogens with one attached hydrogen (secondary N) is 2. The fourth-order valence-corrected chi connectivity index (χ4v) is 2.72. The topological polar surface area (TPSA) is 114 Å². The molecule has 11 heteroatoms. The summed E-state index contributed by atoms with van der Waals surface area (Å²) in [5.74, 6) is -2.72. The minimum atomic E-state index is -4.09. The van der Waals surface area contributed by atoms with E-state index in [-0.39, 0.29) is 17.1 Å². The van der Waals surface area contributed by atoms with E-state index in [1.165, 1.54) is 4.90 Å². The normalized spacial score (nSPS) is 11.7. The molecule has 0 unspecified atom stereocenters. The molecule has 0 atom stereocenters. The van der Waals surface area contributed by atoms with Crippen LogP contribution in [0.25, 0.3) is 0 Å². The van der Waals surface area contributed by atoms with Crippen LogP contribution in [0.15, 0.2) is 28.8 Å². The summed E-state index contributed by atoms with van der Waals surface area (Å²) in [6.45, 7) is 0. The van der Waals surface area contributed by atoms with E-state index in [4.69, 9.17) is 0 Å². The Morgan fingerprint density at radius 1 is 1.19 bits per heavy atom. The van der Waals surface area contributed by atoms with E-state index in [0.717, 1.165) is 39.5 Å². The number of benzene rings is 1. The lowest BCUT2D eigenvalue weighted by molar-refractivity contribution is -0.138. The molecule has 0 aliphatic carbocycles. The van der Waals surface area contributed by atoms with Crippen LogP contribution >= 0.6 is 0 Å². The number of rotatable bonds is 7. The number of hydrogen-bond donors (Lipinski definition) is 2. The number of esters is 2. The zero-order valence-electron chi connectivity index (χ0n) is 14.9. The molecule has 0 aromatic heterocycles. The van der Waals surface area contributed by atoms with Crippen molar-refractivity contribution in [3.63, 3.8) is 0 Å². The molecule has 0 fully saturated rings. The van der Waals surface area contributed by atoms with Crippen molar-refractivity contribution in [3.8, 4) is 0 Å². The molecule has 0 bridgehead atoms. The number of nitrogens with zero attached hydrogens (tertiary/aromatic N) is 1. The highest BCUT2D eigenvalue weighted by molar-refractivity contribution is 7.89. The molecule has 0 radical (unpaired) electrons. The number of anilines is 2. The first-order valence-corrected chi connectivity index (χ1v) is 8.65. The van der Waals surface area contributed by atoms with Gasteiger partial charge in [-0.15, -0.1) is 0 Å². The lowest BCUT2D eigenvalue weighted by Gasteiger charge is -2.20. The Morgan fingerprint density at radius 3 is 2.27 bits per heavy atom. The minimum absolute atomic E-state index is 0.0609. The van der Waals surface area contributed by atoms with Gasteiger partial charge in [0, 0.05) is 20.2 Å². The first kappa shape index (κ1) is 21.4. The van der Waals surface area contributed by atoms with Crippen LogP contribution in [0, 0.1) is 5.82 Å². The summed E-state index contributed by atoms with van der Waals surface area (Å²) < 4.78 is 49.3. The van der Waals surface area contributed by atoms with E-state index >= 15 is 0 Å². The maximum absolute atomic E-state index is 14.2. The van der Waals surface area contributed by atoms with Gasteiger partial charge in [-0.25, -0.2) is 27.1 Å². The molecule has 1 rings (SSSR count). The molecular weight excluding hydrogens is 369 g/mol. The highest BCUT2D eigenvalue weighted by Crippen LogP contribution is 2.31. The van der Waals surface area contributed by atoms with Gasteiger partial charge in [0.25, 0.3) is 0 Å². The highest BCUT2D eigenvalue weighted by atomic mass is 32.2. The molecule has 0 heterocycles. The maximum Gasteiger partial charge on any atom is 0.354 e. The van der Waals surface area contributed by atoms with Gasteiger partial charge in [-0.1, -0.05) is 0 Å². The summed E-state index contributed by atoms with van der Waals surface area (Å²) in [5, 5.41) is 2.59. The molecule has 1 aromatic rings. The summed E-state index contributed by atoms with van der Waals surface area (Å²) in [5.41, 5.74) is -0.0233. The first-order chi connectivity index (χ1) is 12.1. The zero-order valence-corrected chi connectivity index (χ0v) is 15.7. The van der Waals surface area contributed by atoms with Crippen LogP contribution in [-0.4, -0.2) is 55.7 Å². The molecule has 0 amide bonds. The lowest BCUT2D eigenvalue weighted by atomic mass is 10.2. The number of halogens is 1. The standard InChI is InChI=1S/C15H20FN3O6S/c1-17-26(22,23)13-7-10(12(19(2)3)6-9(13)16)18-11(15(21)25-5)8-14(20)24-4/h6-8,17-18H,1-5H3/b11-8+. The predicted molar refractivity (Wildman–Crippen MR) is 92.7 cm³/mol. The van der Waals surface area contributed by atoms with Gasteiger partial charge in [-0.05, 0) is 13.1 Å². The number of methoxy groups -OCH3 is 2. The molecular formula is C15H20FN3O6S. The molecule has 2 N–H and O–H groups in total. The molecule has 1 aromatic carbocycles. The predicted octanol–water partition coefficient (Wildman–Crippen LogP) is 0.442. The van der Waals surface area contributed by atoms with Crippen molar-refractivity contribution in [1.29, 1.82) is 0 Å². The third-order valence-corrected chi connectivity index (χ3v) is 4.66. The van der Waals surface area contributed by atoms with E-state index < -0.39 is 32.7 Å². The van der Waals surface area contributed by atoms with Crippen molar-refractivity contribution in [1.82, 2.24) is 4.72 Å². The fourth-order valence-electron chi connectivity index (χ4n) is 1.91. The van der Waals surface area contributed by atoms with Crippen molar-refractivity contribution in [3.05, 3.63) is 29.7 Å². The fraction of sp³-hybridized carbons (Fsp3) is 0.333. The third-order valence-electron chi connectivity index (χ3n) is 3.23. The van der Waals surface area contributed by atoms with Gasteiger partial charge >= 0.3 is 11.9 Å². The Hall–Kier alpha value is -2.66. The lowest BCUT2D eigenvalue weighted by Crippen LogP contribution is -2.22. The molecule has 0 aliphatic heterocycles. The van der Waals surface area contributed by atoms with E-state index in [2.05, 4.69) is 14.8 Å². The molecule has 0 spiro atoms. The SMILES string of the molecule is CNS(=O)(=O)c1cc(N/C(=C/C(=O)OC)C(=O)OC)c(N(C)C)cc1F. The Morgan fingerprint density at radius 2 is 1.81 bits per heavy atom. The van der Waals surface area contributed by atoms with Gasteiger partial charge in [-0.3, -0.25) is 0 Å². The second-order valence-corrected chi connectivity index (χ2v) is 6.95. The summed E-state index contributed by atoms with van der Waals surface area (Å²) >= 11 is 0. The van der Waals surface area contributed by atoms with Crippen molar-refractivity contribution in [2.24, 2.45) is 0 Å². The van der Waals surface area contributed by atoms with Crippen molar-refractivity contribution < 1.29 is 31.9 Å². The quantitative estimate of drug-likeness (QED) is 0.510. The van der Waals surface area contributed by atoms with Crippen molar-refractivity contribution >= 4 is 33.3 Å². The van der Waals surface area contributed by atoms with Crippen LogP contribution in [0.1, 0.15) is 0 Å². The van der Waals surface area contributed by atoms with E-state index in [1.54, 1.807) is 14.1 Å². The molecule has 0 saturated heterocycles. The molecule has 9 nitrogen and oxygen atoms in total. The average molecular weight is 389 g/mol. The Balaban J connectivity index is 3.57. The summed E-state index contributed by atoms with van der Waals surface area (Å²) in [6, 6.07) is 1.99. The van der Waals surface area contributed by atoms with Crippen LogP contribution in [0.3, 0.4) is 0 Å². The Kier molecular flexibility index (Phi) is 7.10. The summed E-state index contributed by atoms with van der Waals surface area (Å²) in [4.78, 5) is 24.2. The van der Waals surface area contributed by atoms with Crippen molar-refractivity contribution in [2.75, 3.05) is 45.6 Å². The van der Waals surface area contributed by atoms with Gasteiger partial charge in [0.2, 0.25) is 10.0 Å². The number of carbonyl (C=O) groups is 2. The van der Waals surface area contributed by atoms with Crippen LogP contribution in [0.5, 0.6) is 0 Å². The van der Waals surface area contributed by atoms with Crippen LogP contribution in [0.2, 0.25) is 0 Å². The van der Waals surface area contributed by atoms with E-state index in [1.807, 2.05) is 4.72 Å². The smallest absolute Gasteiger partial charge is 0.354 e. The molecule has 26 heavy (non-hydrogen) atoms. The summed E-state index contributed by atoms with van der Waals surface area (Å²) in [6.07, 6.45) is 0.834. The maximum atomic E-state index is 14.2. The molecule has 144 valence electrons. The second-order valence-electron chi connectivity index (χ2n) is 5.10. The first-order valence-electron chi connectivity index (χ1n) is 7.16. The zero-order chi connectivity index (χ0) is 20.1. The van der Waals surface area contributed by atoms with Gasteiger partial charge < -0.3 is 19.7 Å². The minimum Gasteiger partial charge on any atom is -0.466 e. The van der Waals surface area contributed by atoms with Gasteiger partial charge in [0.05, 0.1) is 31.7 Å².